The number of ether oxygens (including phenoxy) is 2. The van der Waals surface area contributed by atoms with Crippen LogP contribution in [0.5, 0.6) is 5.75 Å². The van der Waals surface area contributed by atoms with E-state index in [9.17, 15) is 14.4 Å². The molecule has 4 aromatic rings. The second-order valence-electron chi connectivity index (χ2n) is 11.6. The van der Waals surface area contributed by atoms with Gasteiger partial charge in [0.15, 0.2) is 0 Å². The SMILES string of the molecule is Cc1cc2c3c(c1)C(c1ccccc1)=NC(n1c(C)nc4cc(OC(=O)NCCN5CCOCC5)ccc4c1=O)C(=O)N3CC2. The monoisotopic (exact) mass is 606 g/mol. The van der Waals surface area contributed by atoms with Crippen molar-refractivity contribution in [3.63, 3.8) is 0 Å². The molecule has 1 unspecified atom stereocenters. The van der Waals surface area contributed by atoms with Gasteiger partial charge in [-0.2, -0.15) is 0 Å². The molecular weight excluding hydrogens is 572 g/mol. The highest BCUT2D eigenvalue weighted by atomic mass is 16.6. The summed E-state index contributed by atoms with van der Waals surface area (Å²) in [5, 5.41) is 3.06. The molecule has 3 aliphatic heterocycles. The zero-order chi connectivity index (χ0) is 31.1. The van der Waals surface area contributed by atoms with Crippen LogP contribution in [0.4, 0.5) is 10.5 Å². The highest BCUT2D eigenvalue weighted by molar-refractivity contribution is 6.20. The summed E-state index contributed by atoms with van der Waals surface area (Å²) in [4.78, 5) is 54.4. The van der Waals surface area contributed by atoms with Crippen molar-refractivity contribution in [2.24, 2.45) is 4.99 Å². The van der Waals surface area contributed by atoms with Crippen LogP contribution in [0.3, 0.4) is 0 Å². The molecule has 1 saturated heterocycles. The first-order chi connectivity index (χ1) is 21.9. The van der Waals surface area contributed by atoms with Crippen molar-refractivity contribution in [2.45, 2.75) is 26.4 Å². The number of carbonyl (C=O) groups excluding carboxylic acids is 2. The van der Waals surface area contributed by atoms with E-state index in [1.165, 1.54) is 4.57 Å². The fraction of sp³-hybridized carbons (Fsp3) is 0.324. The number of aliphatic imine (C=N–C) groups is 1. The smallest absolute Gasteiger partial charge is 0.410 e. The molecule has 0 spiro atoms. The van der Waals surface area contributed by atoms with Gasteiger partial charge in [-0.05, 0) is 44.0 Å². The van der Waals surface area contributed by atoms with Gasteiger partial charge in [0.05, 0.1) is 35.5 Å². The molecule has 0 saturated carbocycles. The Kier molecular flexibility index (Phi) is 7.64. The maximum Gasteiger partial charge on any atom is 0.412 e. The average molecular weight is 607 g/mol. The molecule has 1 fully saturated rings. The van der Waals surface area contributed by atoms with E-state index in [0.717, 1.165) is 47.5 Å². The molecule has 7 rings (SSSR count). The third-order valence-corrected chi connectivity index (χ3v) is 8.55. The normalized spacial score (nSPS) is 18.0. The topological polar surface area (TPSA) is 118 Å². The number of aromatic nitrogens is 2. The zero-order valence-electron chi connectivity index (χ0n) is 25.3. The minimum absolute atomic E-state index is 0.265. The minimum Gasteiger partial charge on any atom is -0.410 e. The first-order valence-electron chi connectivity index (χ1n) is 15.2. The van der Waals surface area contributed by atoms with Gasteiger partial charge in [-0.15, -0.1) is 0 Å². The first-order valence-corrected chi connectivity index (χ1v) is 15.2. The molecule has 3 aliphatic rings. The second-order valence-corrected chi connectivity index (χ2v) is 11.6. The highest BCUT2D eigenvalue weighted by Crippen LogP contribution is 2.39. The number of hydrogen-bond acceptors (Lipinski definition) is 8. The van der Waals surface area contributed by atoms with E-state index in [2.05, 4.69) is 27.3 Å². The average Bonchev–Trinajstić information content (AvgIpc) is 3.42. The summed E-state index contributed by atoms with van der Waals surface area (Å²) in [5.74, 6) is 0.321. The van der Waals surface area contributed by atoms with Crippen molar-refractivity contribution in [1.29, 1.82) is 0 Å². The van der Waals surface area contributed by atoms with Crippen molar-refractivity contribution in [3.8, 4) is 5.75 Å². The van der Waals surface area contributed by atoms with Crippen LogP contribution in [0.15, 0.2) is 70.5 Å². The Morgan fingerprint density at radius 1 is 1.02 bits per heavy atom. The van der Waals surface area contributed by atoms with Crippen LogP contribution in [-0.4, -0.2) is 78.1 Å². The molecule has 1 aromatic heterocycles. The fourth-order valence-electron chi connectivity index (χ4n) is 6.41. The highest BCUT2D eigenvalue weighted by Gasteiger charge is 2.38. The molecule has 11 nitrogen and oxygen atoms in total. The number of benzene rings is 3. The van der Waals surface area contributed by atoms with Gasteiger partial charge in [0.1, 0.15) is 11.6 Å². The number of rotatable bonds is 6. The summed E-state index contributed by atoms with van der Waals surface area (Å²) in [6, 6.07) is 18.6. The third kappa shape index (κ3) is 5.49. The molecule has 0 radical (unpaired) electrons. The van der Waals surface area contributed by atoms with Gasteiger partial charge in [0.2, 0.25) is 6.17 Å². The Morgan fingerprint density at radius 3 is 2.62 bits per heavy atom. The zero-order valence-corrected chi connectivity index (χ0v) is 25.3. The Hall–Kier alpha value is -4.87. The third-order valence-electron chi connectivity index (χ3n) is 8.55. The Labute approximate surface area is 260 Å². The Balaban J connectivity index is 1.21. The molecule has 3 aromatic carbocycles. The maximum atomic E-state index is 14.2. The van der Waals surface area contributed by atoms with E-state index >= 15 is 0 Å². The van der Waals surface area contributed by atoms with Crippen molar-refractivity contribution in [2.75, 3.05) is 50.8 Å². The number of fused-ring (bicyclic) bond motifs is 1. The Bertz CT molecular complexity index is 1900. The molecule has 45 heavy (non-hydrogen) atoms. The molecular formula is C34H34N6O5. The second kappa shape index (κ2) is 11.9. The van der Waals surface area contributed by atoms with Crippen molar-refractivity contribution < 1.29 is 19.1 Å². The van der Waals surface area contributed by atoms with Crippen LogP contribution in [0.1, 0.15) is 34.2 Å². The van der Waals surface area contributed by atoms with E-state index < -0.39 is 17.8 Å². The van der Waals surface area contributed by atoms with Gasteiger partial charge in [-0.3, -0.25) is 19.1 Å². The molecule has 4 heterocycles. The van der Waals surface area contributed by atoms with Gasteiger partial charge in [-0.25, -0.2) is 14.8 Å². The summed E-state index contributed by atoms with van der Waals surface area (Å²) < 4.78 is 12.2. The molecule has 2 amide bonds. The molecule has 1 N–H and O–H groups in total. The van der Waals surface area contributed by atoms with Crippen LogP contribution in [0.25, 0.3) is 10.9 Å². The van der Waals surface area contributed by atoms with Crippen molar-refractivity contribution >= 4 is 34.3 Å². The van der Waals surface area contributed by atoms with Crippen LogP contribution >= 0.6 is 0 Å². The summed E-state index contributed by atoms with van der Waals surface area (Å²) in [6.07, 6.45) is -0.992. The Morgan fingerprint density at radius 2 is 1.82 bits per heavy atom. The van der Waals surface area contributed by atoms with Gasteiger partial charge < -0.3 is 19.7 Å². The molecule has 1 atom stereocenters. The van der Waals surface area contributed by atoms with Crippen LogP contribution in [-0.2, 0) is 16.0 Å². The standard InChI is InChI=1S/C34H34N6O5/c1-21-18-24-10-12-39-30(24)27(19-21)29(23-6-4-3-5-7-23)37-31(33(39)42)40-22(2)36-28-20-25(8-9-26(28)32(40)41)45-34(43)35-11-13-38-14-16-44-17-15-38/h3-9,18-20,31H,10-17H2,1-2H3,(H,35,43). The number of nitrogens with zero attached hydrogens (tertiary/aromatic N) is 5. The lowest BCUT2D eigenvalue weighted by Crippen LogP contribution is -2.41. The largest absolute Gasteiger partial charge is 0.412 e. The van der Waals surface area contributed by atoms with E-state index in [1.807, 2.05) is 37.3 Å². The van der Waals surface area contributed by atoms with Gasteiger partial charge >= 0.3 is 6.09 Å². The number of morpholine rings is 1. The van der Waals surface area contributed by atoms with Gasteiger partial charge in [0, 0.05) is 49.9 Å². The van der Waals surface area contributed by atoms with Crippen LogP contribution in [0.2, 0.25) is 0 Å². The predicted molar refractivity (Wildman–Crippen MR) is 170 cm³/mol. The summed E-state index contributed by atoms with van der Waals surface area (Å²) in [5.41, 5.74) is 5.42. The van der Waals surface area contributed by atoms with Crippen molar-refractivity contribution in [3.05, 3.63) is 99.1 Å². The number of aryl methyl sites for hydroxylation is 2. The number of hydrogen-bond donors (Lipinski definition) is 1. The number of carbonyl (C=O) groups is 2. The van der Waals surface area contributed by atoms with Gasteiger partial charge in [0.25, 0.3) is 11.5 Å². The van der Waals surface area contributed by atoms with Crippen LogP contribution < -0.4 is 20.5 Å². The van der Waals surface area contributed by atoms with Crippen LogP contribution in [0, 0.1) is 13.8 Å². The van der Waals surface area contributed by atoms with E-state index in [0.29, 0.717) is 55.3 Å². The van der Waals surface area contributed by atoms with Gasteiger partial charge in [-0.1, -0.05) is 42.0 Å². The van der Waals surface area contributed by atoms with E-state index in [4.69, 9.17) is 14.5 Å². The van der Waals surface area contributed by atoms with Crippen molar-refractivity contribution in [1.82, 2.24) is 19.8 Å². The first kappa shape index (κ1) is 28.9. The summed E-state index contributed by atoms with van der Waals surface area (Å²) in [6.45, 7) is 8.45. The summed E-state index contributed by atoms with van der Waals surface area (Å²) >= 11 is 0. The lowest BCUT2D eigenvalue weighted by molar-refractivity contribution is -0.121. The summed E-state index contributed by atoms with van der Waals surface area (Å²) in [7, 11) is 0. The molecule has 0 aliphatic carbocycles. The molecule has 11 heteroatoms. The molecule has 230 valence electrons. The number of nitrogens with one attached hydrogen (secondary N) is 1. The lowest BCUT2D eigenvalue weighted by atomic mass is 9.96. The number of amides is 2. The minimum atomic E-state index is -1.14. The lowest BCUT2D eigenvalue weighted by Gasteiger charge is -2.26. The van der Waals surface area contributed by atoms with E-state index in [1.54, 1.807) is 30.0 Å². The molecule has 0 bridgehead atoms. The fourth-order valence-corrected chi connectivity index (χ4v) is 6.41. The number of anilines is 1. The maximum absolute atomic E-state index is 14.2. The van der Waals surface area contributed by atoms with E-state index in [-0.39, 0.29) is 11.7 Å². The predicted octanol–water partition coefficient (Wildman–Crippen LogP) is 3.37. The quantitative estimate of drug-likeness (QED) is 0.358.